The SMILES string of the molecule is CCNC(=O)O/N=C(\Cl)CC. The monoisotopic (exact) mass is 178 g/mol. The van der Waals surface area contributed by atoms with Gasteiger partial charge >= 0.3 is 6.09 Å². The lowest BCUT2D eigenvalue weighted by molar-refractivity contribution is 0.151. The first kappa shape index (κ1) is 10.2. The van der Waals surface area contributed by atoms with Gasteiger partial charge in [-0.05, 0) is 6.92 Å². The molecule has 0 fully saturated rings. The lowest BCUT2D eigenvalue weighted by Crippen LogP contribution is -2.22. The average molecular weight is 179 g/mol. The van der Waals surface area contributed by atoms with Crippen molar-refractivity contribution in [3.63, 3.8) is 0 Å². The number of amides is 1. The van der Waals surface area contributed by atoms with Crippen LogP contribution in [0.15, 0.2) is 5.16 Å². The predicted octanol–water partition coefficient (Wildman–Crippen LogP) is 1.69. The van der Waals surface area contributed by atoms with Crippen molar-refractivity contribution in [3.05, 3.63) is 0 Å². The molecule has 64 valence electrons. The van der Waals surface area contributed by atoms with Crippen molar-refractivity contribution in [2.75, 3.05) is 6.54 Å². The van der Waals surface area contributed by atoms with Gasteiger partial charge in [0, 0.05) is 13.0 Å². The normalized spacial score (nSPS) is 11.0. The van der Waals surface area contributed by atoms with Crippen molar-refractivity contribution in [2.24, 2.45) is 5.16 Å². The number of halogens is 1. The zero-order chi connectivity index (χ0) is 8.69. The zero-order valence-electron chi connectivity index (χ0n) is 6.56. The Balaban J connectivity index is 3.60. The zero-order valence-corrected chi connectivity index (χ0v) is 7.31. The third-order valence-electron chi connectivity index (χ3n) is 0.840. The van der Waals surface area contributed by atoms with E-state index in [0.717, 1.165) is 0 Å². The molecule has 0 unspecified atom stereocenters. The topological polar surface area (TPSA) is 50.7 Å². The lowest BCUT2D eigenvalue weighted by atomic mass is 10.5. The maximum atomic E-state index is 10.6. The molecule has 0 radical (unpaired) electrons. The second-order valence-electron chi connectivity index (χ2n) is 1.73. The number of hydrogen-bond acceptors (Lipinski definition) is 3. The van der Waals surface area contributed by atoms with Gasteiger partial charge in [-0.2, -0.15) is 0 Å². The van der Waals surface area contributed by atoms with Gasteiger partial charge in [-0.3, -0.25) is 4.84 Å². The van der Waals surface area contributed by atoms with E-state index in [1.807, 2.05) is 6.92 Å². The Kier molecular flexibility index (Phi) is 5.56. The van der Waals surface area contributed by atoms with Gasteiger partial charge in [-0.15, -0.1) is 0 Å². The van der Waals surface area contributed by atoms with E-state index in [2.05, 4.69) is 15.3 Å². The van der Waals surface area contributed by atoms with Crippen LogP contribution >= 0.6 is 11.6 Å². The van der Waals surface area contributed by atoms with Crippen molar-refractivity contribution in [2.45, 2.75) is 20.3 Å². The number of carbonyl (C=O) groups excluding carboxylic acids is 1. The molecule has 0 saturated heterocycles. The van der Waals surface area contributed by atoms with E-state index < -0.39 is 6.09 Å². The number of rotatable bonds is 3. The summed E-state index contributed by atoms with van der Waals surface area (Å²) in [6.07, 6.45) is -0.0277. The van der Waals surface area contributed by atoms with Gasteiger partial charge in [0.25, 0.3) is 0 Å². The van der Waals surface area contributed by atoms with E-state index in [9.17, 15) is 4.79 Å². The van der Waals surface area contributed by atoms with E-state index in [1.165, 1.54) is 0 Å². The minimum Gasteiger partial charge on any atom is -0.320 e. The number of nitrogens with one attached hydrogen (secondary N) is 1. The Labute approximate surface area is 70.5 Å². The molecule has 0 aromatic heterocycles. The molecular formula is C6H11ClN2O2. The predicted molar refractivity (Wildman–Crippen MR) is 43.7 cm³/mol. The number of oxime groups is 1. The maximum Gasteiger partial charge on any atom is 0.433 e. The minimum atomic E-state index is -0.584. The molecule has 1 amide bonds. The van der Waals surface area contributed by atoms with Crippen LogP contribution in [-0.4, -0.2) is 17.8 Å². The van der Waals surface area contributed by atoms with Crippen LogP contribution in [0.5, 0.6) is 0 Å². The maximum absolute atomic E-state index is 10.6. The molecule has 0 spiro atoms. The molecule has 0 bridgehead atoms. The Morgan fingerprint density at radius 2 is 2.27 bits per heavy atom. The molecule has 1 N–H and O–H groups in total. The smallest absolute Gasteiger partial charge is 0.320 e. The summed E-state index contributed by atoms with van der Waals surface area (Å²) in [6, 6.07) is 0. The molecule has 0 aromatic rings. The van der Waals surface area contributed by atoms with Crippen molar-refractivity contribution >= 4 is 22.9 Å². The van der Waals surface area contributed by atoms with Crippen molar-refractivity contribution in [1.29, 1.82) is 0 Å². The fourth-order valence-corrected chi connectivity index (χ4v) is 0.367. The summed E-state index contributed by atoms with van der Waals surface area (Å²) in [5.41, 5.74) is 0. The molecular weight excluding hydrogens is 168 g/mol. The van der Waals surface area contributed by atoms with E-state index in [4.69, 9.17) is 11.6 Å². The van der Waals surface area contributed by atoms with Gasteiger partial charge in [0.05, 0.1) is 0 Å². The molecule has 0 aliphatic heterocycles. The summed E-state index contributed by atoms with van der Waals surface area (Å²) in [4.78, 5) is 14.9. The fraction of sp³-hybridized carbons (Fsp3) is 0.667. The van der Waals surface area contributed by atoms with Gasteiger partial charge in [0.1, 0.15) is 5.17 Å². The Morgan fingerprint density at radius 3 is 2.73 bits per heavy atom. The molecule has 11 heavy (non-hydrogen) atoms. The van der Waals surface area contributed by atoms with E-state index in [-0.39, 0.29) is 5.17 Å². The van der Waals surface area contributed by atoms with Crippen LogP contribution in [0.1, 0.15) is 20.3 Å². The first-order valence-corrected chi connectivity index (χ1v) is 3.75. The summed E-state index contributed by atoms with van der Waals surface area (Å²) >= 11 is 5.45. The van der Waals surface area contributed by atoms with Crippen LogP contribution in [0.3, 0.4) is 0 Å². The van der Waals surface area contributed by atoms with Crippen LogP contribution in [0.25, 0.3) is 0 Å². The molecule has 4 nitrogen and oxygen atoms in total. The van der Waals surface area contributed by atoms with Crippen LogP contribution < -0.4 is 5.32 Å². The van der Waals surface area contributed by atoms with Crippen LogP contribution in [0, 0.1) is 0 Å². The molecule has 0 aliphatic rings. The second kappa shape index (κ2) is 5.97. The van der Waals surface area contributed by atoms with Gasteiger partial charge < -0.3 is 5.32 Å². The summed E-state index contributed by atoms with van der Waals surface area (Å²) in [7, 11) is 0. The summed E-state index contributed by atoms with van der Waals surface area (Å²) in [6.45, 7) is 4.11. The van der Waals surface area contributed by atoms with E-state index in [1.54, 1.807) is 6.92 Å². The largest absolute Gasteiger partial charge is 0.433 e. The first-order valence-electron chi connectivity index (χ1n) is 3.37. The van der Waals surface area contributed by atoms with Crippen molar-refractivity contribution in [1.82, 2.24) is 5.32 Å². The number of nitrogens with zero attached hydrogens (tertiary/aromatic N) is 1. The number of hydrogen-bond donors (Lipinski definition) is 1. The molecule has 0 atom stereocenters. The van der Waals surface area contributed by atoms with E-state index >= 15 is 0 Å². The molecule has 0 saturated carbocycles. The highest BCUT2D eigenvalue weighted by molar-refractivity contribution is 6.65. The molecule has 5 heteroatoms. The lowest BCUT2D eigenvalue weighted by Gasteiger charge is -1.97. The third-order valence-corrected chi connectivity index (χ3v) is 1.18. The van der Waals surface area contributed by atoms with Gasteiger partial charge in [-0.1, -0.05) is 23.7 Å². The standard InChI is InChI=1S/C6H11ClN2O2/c1-3-5(7)9-11-6(10)8-4-2/h3-4H2,1-2H3,(H,8,10)/b9-5-. The van der Waals surface area contributed by atoms with Crippen molar-refractivity contribution in [3.8, 4) is 0 Å². The average Bonchev–Trinajstić information content (AvgIpc) is 2.01. The molecule has 0 heterocycles. The molecule has 0 aromatic carbocycles. The van der Waals surface area contributed by atoms with Crippen LogP contribution in [-0.2, 0) is 4.84 Å². The quantitative estimate of drug-likeness (QED) is 0.406. The van der Waals surface area contributed by atoms with E-state index in [0.29, 0.717) is 13.0 Å². The fourth-order valence-electron chi connectivity index (χ4n) is 0.332. The highest BCUT2D eigenvalue weighted by atomic mass is 35.5. The summed E-state index contributed by atoms with van der Waals surface area (Å²) < 4.78 is 0. The van der Waals surface area contributed by atoms with Gasteiger partial charge in [0.15, 0.2) is 0 Å². The Bertz CT molecular complexity index is 159. The Hall–Kier alpha value is -0.770. The van der Waals surface area contributed by atoms with Gasteiger partial charge in [-0.25, -0.2) is 4.79 Å². The highest BCUT2D eigenvalue weighted by Crippen LogP contribution is 1.92. The summed E-state index contributed by atoms with van der Waals surface area (Å²) in [5, 5.41) is 6.00. The minimum absolute atomic E-state index is 0.274. The van der Waals surface area contributed by atoms with Crippen LogP contribution in [0.2, 0.25) is 0 Å². The van der Waals surface area contributed by atoms with Crippen LogP contribution in [0.4, 0.5) is 4.79 Å². The second-order valence-corrected chi connectivity index (χ2v) is 2.17. The molecule has 0 rings (SSSR count). The van der Waals surface area contributed by atoms with Gasteiger partial charge in [0.2, 0.25) is 0 Å². The first-order chi connectivity index (χ1) is 5.20. The van der Waals surface area contributed by atoms with Crippen molar-refractivity contribution < 1.29 is 9.63 Å². The Morgan fingerprint density at radius 1 is 1.64 bits per heavy atom. The molecule has 0 aliphatic carbocycles. The third kappa shape index (κ3) is 5.66. The highest BCUT2D eigenvalue weighted by Gasteiger charge is 1.97. The number of carbonyl (C=O) groups is 1. The summed E-state index contributed by atoms with van der Waals surface area (Å²) in [5.74, 6) is 0.